The van der Waals surface area contributed by atoms with E-state index in [1.54, 1.807) is 4.90 Å². The molecule has 114 valence electrons. The second-order valence-corrected chi connectivity index (χ2v) is 6.16. The second-order valence-electron chi connectivity index (χ2n) is 6.16. The van der Waals surface area contributed by atoms with Crippen molar-refractivity contribution in [3.05, 3.63) is 0 Å². The summed E-state index contributed by atoms with van der Waals surface area (Å²) >= 11 is 0. The van der Waals surface area contributed by atoms with Gasteiger partial charge in [-0.15, -0.1) is 0 Å². The maximum atomic E-state index is 11.9. The van der Waals surface area contributed by atoms with E-state index in [2.05, 4.69) is 19.2 Å². The van der Waals surface area contributed by atoms with Gasteiger partial charge >= 0.3 is 6.09 Å². The summed E-state index contributed by atoms with van der Waals surface area (Å²) in [7, 11) is 0. The van der Waals surface area contributed by atoms with Crippen molar-refractivity contribution in [2.75, 3.05) is 26.2 Å². The smallest absolute Gasteiger partial charge is 0.410 e. The Labute approximate surface area is 118 Å². The highest BCUT2D eigenvalue weighted by atomic mass is 16.6. The zero-order valence-electron chi connectivity index (χ0n) is 13.6. The fourth-order valence-corrected chi connectivity index (χ4v) is 1.86. The van der Waals surface area contributed by atoms with Gasteiger partial charge in [0.2, 0.25) is 0 Å². The summed E-state index contributed by atoms with van der Waals surface area (Å²) in [4.78, 5) is 13.6. The maximum absolute atomic E-state index is 11.9. The Balaban J connectivity index is 3.91. The van der Waals surface area contributed by atoms with Crippen LogP contribution >= 0.6 is 0 Å². The molecule has 0 radical (unpaired) electrons. The van der Waals surface area contributed by atoms with Crippen LogP contribution in [0.1, 0.15) is 54.4 Å². The van der Waals surface area contributed by atoms with E-state index >= 15 is 0 Å². The van der Waals surface area contributed by atoms with Crippen molar-refractivity contribution < 1.29 is 9.53 Å². The van der Waals surface area contributed by atoms with Gasteiger partial charge in [0.25, 0.3) is 0 Å². The number of hydrogen-bond acceptors (Lipinski definition) is 3. The highest BCUT2D eigenvalue weighted by molar-refractivity contribution is 5.68. The third-order valence-corrected chi connectivity index (χ3v) is 2.87. The minimum atomic E-state index is -0.423. The molecule has 0 rings (SSSR count). The van der Waals surface area contributed by atoms with Gasteiger partial charge in [-0.2, -0.15) is 0 Å². The standard InChI is InChI=1S/C15H32N2O2/c1-7-9-13(3)12-16-10-11-17(8-2)14(18)19-15(4,5)6/h13,16H,7-12H2,1-6H3. The monoisotopic (exact) mass is 272 g/mol. The van der Waals surface area contributed by atoms with Gasteiger partial charge in [0.05, 0.1) is 0 Å². The first-order valence-corrected chi connectivity index (χ1v) is 7.48. The molecule has 4 heteroatoms. The summed E-state index contributed by atoms with van der Waals surface area (Å²) in [5, 5.41) is 3.40. The van der Waals surface area contributed by atoms with Crippen molar-refractivity contribution in [2.45, 2.75) is 60.0 Å². The first-order chi connectivity index (χ1) is 8.80. The van der Waals surface area contributed by atoms with Crippen LogP contribution in [0.2, 0.25) is 0 Å². The lowest BCUT2D eigenvalue weighted by molar-refractivity contribution is 0.0262. The average Bonchev–Trinajstić information content (AvgIpc) is 2.27. The van der Waals surface area contributed by atoms with Crippen LogP contribution in [0.4, 0.5) is 4.79 Å². The first-order valence-electron chi connectivity index (χ1n) is 7.48. The Morgan fingerprint density at radius 2 is 1.95 bits per heavy atom. The molecule has 1 unspecified atom stereocenters. The Morgan fingerprint density at radius 3 is 2.42 bits per heavy atom. The maximum Gasteiger partial charge on any atom is 0.410 e. The van der Waals surface area contributed by atoms with E-state index < -0.39 is 5.60 Å². The van der Waals surface area contributed by atoms with Crippen LogP contribution < -0.4 is 5.32 Å². The number of carbonyl (C=O) groups excluding carboxylic acids is 1. The lowest BCUT2D eigenvalue weighted by Crippen LogP contribution is -2.40. The van der Waals surface area contributed by atoms with Gasteiger partial charge in [0.15, 0.2) is 0 Å². The van der Waals surface area contributed by atoms with E-state index in [1.807, 2.05) is 27.7 Å². The van der Waals surface area contributed by atoms with Crippen LogP contribution in [0, 0.1) is 5.92 Å². The zero-order valence-corrected chi connectivity index (χ0v) is 13.6. The van der Waals surface area contributed by atoms with Gasteiger partial charge in [-0.1, -0.05) is 20.3 Å². The molecule has 0 saturated heterocycles. The number of ether oxygens (including phenoxy) is 1. The van der Waals surface area contributed by atoms with E-state index in [-0.39, 0.29) is 6.09 Å². The molecular weight excluding hydrogens is 240 g/mol. The van der Waals surface area contributed by atoms with Crippen LogP contribution in [0.5, 0.6) is 0 Å². The van der Waals surface area contributed by atoms with Gasteiger partial charge in [-0.25, -0.2) is 4.79 Å². The van der Waals surface area contributed by atoms with E-state index in [0.29, 0.717) is 19.0 Å². The molecule has 0 aliphatic rings. The number of rotatable bonds is 8. The largest absolute Gasteiger partial charge is 0.444 e. The number of hydrogen-bond donors (Lipinski definition) is 1. The third kappa shape index (κ3) is 9.77. The van der Waals surface area contributed by atoms with Crippen molar-refractivity contribution in [3.63, 3.8) is 0 Å². The highest BCUT2D eigenvalue weighted by Crippen LogP contribution is 2.09. The van der Waals surface area contributed by atoms with E-state index in [9.17, 15) is 4.79 Å². The predicted molar refractivity (Wildman–Crippen MR) is 80.4 cm³/mol. The van der Waals surface area contributed by atoms with Crippen LogP contribution in [-0.4, -0.2) is 42.8 Å². The molecule has 19 heavy (non-hydrogen) atoms. The Morgan fingerprint density at radius 1 is 1.32 bits per heavy atom. The highest BCUT2D eigenvalue weighted by Gasteiger charge is 2.20. The van der Waals surface area contributed by atoms with Gasteiger partial charge in [0.1, 0.15) is 5.60 Å². The molecule has 0 aliphatic heterocycles. The van der Waals surface area contributed by atoms with E-state index in [4.69, 9.17) is 4.74 Å². The molecular formula is C15H32N2O2. The fraction of sp³-hybridized carbons (Fsp3) is 0.933. The van der Waals surface area contributed by atoms with E-state index in [1.165, 1.54) is 12.8 Å². The molecule has 0 aromatic heterocycles. The zero-order chi connectivity index (χ0) is 14.9. The molecule has 1 N–H and O–H groups in total. The van der Waals surface area contributed by atoms with Crippen LogP contribution in [-0.2, 0) is 4.74 Å². The Hall–Kier alpha value is -0.770. The average molecular weight is 272 g/mol. The fourth-order valence-electron chi connectivity index (χ4n) is 1.86. The number of nitrogens with one attached hydrogen (secondary N) is 1. The van der Waals surface area contributed by atoms with Gasteiger partial charge in [-0.3, -0.25) is 0 Å². The Kier molecular flexibility index (Phi) is 8.81. The number of nitrogens with zero attached hydrogens (tertiary/aromatic N) is 1. The molecule has 0 heterocycles. The molecule has 0 saturated carbocycles. The van der Waals surface area contributed by atoms with Crippen molar-refractivity contribution in [3.8, 4) is 0 Å². The molecule has 0 aromatic carbocycles. The molecule has 1 atom stereocenters. The molecule has 4 nitrogen and oxygen atoms in total. The molecule has 0 spiro atoms. The number of amides is 1. The van der Waals surface area contributed by atoms with Crippen LogP contribution in [0.25, 0.3) is 0 Å². The topological polar surface area (TPSA) is 41.6 Å². The summed E-state index contributed by atoms with van der Waals surface area (Å²) < 4.78 is 5.37. The summed E-state index contributed by atoms with van der Waals surface area (Å²) in [5.74, 6) is 0.696. The lowest BCUT2D eigenvalue weighted by atomic mass is 10.1. The predicted octanol–water partition coefficient (Wildman–Crippen LogP) is 3.27. The van der Waals surface area contributed by atoms with Gasteiger partial charge in [-0.05, 0) is 46.6 Å². The Bertz CT molecular complexity index is 249. The first kappa shape index (κ1) is 18.2. The summed E-state index contributed by atoms with van der Waals surface area (Å²) in [6.07, 6.45) is 2.25. The van der Waals surface area contributed by atoms with Crippen molar-refractivity contribution in [2.24, 2.45) is 5.92 Å². The van der Waals surface area contributed by atoms with Crippen LogP contribution in [0.15, 0.2) is 0 Å². The van der Waals surface area contributed by atoms with Gasteiger partial charge in [0, 0.05) is 19.6 Å². The summed E-state index contributed by atoms with van der Waals surface area (Å²) in [6.45, 7) is 15.3. The molecule has 1 amide bonds. The molecule has 0 fully saturated rings. The summed E-state index contributed by atoms with van der Waals surface area (Å²) in [6, 6.07) is 0. The van der Waals surface area contributed by atoms with E-state index in [0.717, 1.165) is 13.1 Å². The normalized spacial score (nSPS) is 13.2. The number of likely N-dealkylation sites (N-methyl/N-ethyl adjacent to an activating group) is 1. The molecule has 0 aromatic rings. The van der Waals surface area contributed by atoms with Crippen molar-refractivity contribution in [1.29, 1.82) is 0 Å². The van der Waals surface area contributed by atoms with Crippen LogP contribution in [0.3, 0.4) is 0 Å². The molecule has 0 bridgehead atoms. The lowest BCUT2D eigenvalue weighted by Gasteiger charge is -2.26. The van der Waals surface area contributed by atoms with Gasteiger partial charge < -0.3 is 15.0 Å². The third-order valence-electron chi connectivity index (χ3n) is 2.87. The quantitative estimate of drug-likeness (QED) is 0.690. The minimum Gasteiger partial charge on any atom is -0.444 e. The number of carbonyl (C=O) groups is 1. The van der Waals surface area contributed by atoms with Crippen molar-refractivity contribution >= 4 is 6.09 Å². The SMILES string of the molecule is CCCC(C)CNCCN(CC)C(=O)OC(C)(C)C. The van der Waals surface area contributed by atoms with Crippen molar-refractivity contribution in [1.82, 2.24) is 10.2 Å². The minimum absolute atomic E-state index is 0.224. The second kappa shape index (κ2) is 9.18. The molecule has 0 aliphatic carbocycles. The summed E-state index contributed by atoms with van der Waals surface area (Å²) in [5.41, 5.74) is -0.423.